The molecule has 5 heteroatoms. The highest BCUT2D eigenvalue weighted by atomic mass is 16.5. The van der Waals surface area contributed by atoms with Crippen molar-refractivity contribution in [2.24, 2.45) is 0 Å². The molecule has 3 rings (SSSR count). The number of nitrogens with zero attached hydrogens (tertiary/aromatic N) is 1. The Hall–Kier alpha value is -2.53. The SMILES string of the molecule is COc1ccc(C)cc1CCNC(=O)NC1CCN(Cc2ccccc2)CC1. The van der Waals surface area contributed by atoms with Crippen molar-refractivity contribution in [1.82, 2.24) is 15.5 Å². The van der Waals surface area contributed by atoms with Crippen LogP contribution in [0.25, 0.3) is 0 Å². The standard InChI is InChI=1S/C23H31N3O2/c1-18-8-9-22(28-2)20(16-18)10-13-24-23(27)25-21-11-14-26(15-12-21)17-19-6-4-3-5-7-19/h3-9,16,21H,10-15,17H2,1-2H3,(H2,24,25,27). The Balaban J connectivity index is 1.36. The van der Waals surface area contributed by atoms with Gasteiger partial charge in [0, 0.05) is 32.2 Å². The van der Waals surface area contributed by atoms with Crippen LogP contribution < -0.4 is 15.4 Å². The molecule has 1 aliphatic rings. The Kier molecular flexibility index (Phi) is 7.31. The number of aryl methyl sites for hydroxylation is 1. The summed E-state index contributed by atoms with van der Waals surface area (Å²) in [6.45, 7) is 5.67. The molecule has 28 heavy (non-hydrogen) atoms. The van der Waals surface area contributed by atoms with Crippen molar-refractivity contribution in [3.05, 3.63) is 65.2 Å². The predicted octanol–water partition coefficient (Wildman–Crippen LogP) is 3.51. The van der Waals surface area contributed by atoms with E-state index in [1.807, 2.05) is 18.2 Å². The molecule has 2 amide bonds. The lowest BCUT2D eigenvalue weighted by atomic mass is 10.0. The van der Waals surface area contributed by atoms with E-state index in [1.165, 1.54) is 11.1 Å². The van der Waals surface area contributed by atoms with Crippen molar-refractivity contribution < 1.29 is 9.53 Å². The third-order valence-corrected chi connectivity index (χ3v) is 5.29. The van der Waals surface area contributed by atoms with Crippen LogP contribution in [0.2, 0.25) is 0 Å². The maximum Gasteiger partial charge on any atom is 0.315 e. The van der Waals surface area contributed by atoms with Crippen molar-refractivity contribution in [3.8, 4) is 5.75 Å². The number of likely N-dealkylation sites (tertiary alicyclic amines) is 1. The third-order valence-electron chi connectivity index (χ3n) is 5.29. The summed E-state index contributed by atoms with van der Waals surface area (Å²) in [7, 11) is 1.68. The number of nitrogens with one attached hydrogen (secondary N) is 2. The summed E-state index contributed by atoms with van der Waals surface area (Å²) < 4.78 is 5.40. The van der Waals surface area contributed by atoms with Crippen LogP contribution in [0.4, 0.5) is 4.79 Å². The van der Waals surface area contributed by atoms with Crippen LogP contribution in [-0.2, 0) is 13.0 Å². The Bertz CT molecular complexity index is 756. The third kappa shape index (κ3) is 5.99. The number of amides is 2. The summed E-state index contributed by atoms with van der Waals surface area (Å²) in [5.74, 6) is 0.874. The number of hydrogen-bond donors (Lipinski definition) is 2. The van der Waals surface area contributed by atoms with Crippen molar-refractivity contribution in [1.29, 1.82) is 0 Å². The van der Waals surface area contributed by atoms with E-state index in [0.717, 1.165) is 50.2 Å². The van der Waals surface area contributed by atoms with Gasteiger partial charge in [0.05, 0.1) is 7.11 Å². The molecule has 150 valence electrons. The molecule has 0 spiro atoms. The number of piperidine rings is 1. The van der Waals surface area contributed by atoms with Crippen LogP contribution in [0.5, 0.6) is 5.75 Å². The molecule has 0 saturated carbocycles. The monoisotopic (exact) mass is 381 g/mol. The van der Waals surface area contributed by atoms with Crippen LogP contribution in [0.15, 0.2) is 48.5 Å². The first-order valence-corrected chi connectivity index (χ1v) is 10.1. The number of benzene rings is 2. The fourth-order valence-corrected chi connectivity index (χ4v) is 3.73. The number of urea groups is 1. The van der Waals surface area contributed by atoms with E-state index in [9.17, 15) is 4.79 Å². The second-order valence-electron chi connectivity index (χ2n) is 7.50. The van der Waals surface area contributed by atoms with Crippen LogP contribution in [-0.4, -0.2) is 43.7 Å². The van der Waals surface area contributed by atoms with E-state index in [2.05, 4.69) is 52.8 Å². The van der Waals surface area contributed by atoms with Gasteiger partial charge in [0.15, 0.2) is 0 Å². The zero-order valence-corrected chi connectivity index (χ0v) is 16.9. The zero-order chi connectivity index (χ0) is 19.8. The van der Waals surface area contributed by atoms with Gasteiger partial charge in [-0.2, -0.15) is 0 Å². The van der Waals surface area contributed by atoms with Gasteiger partial charge in [0.1, 0.15) is 5.75 Å². The van der Waals surface area contributed by atoms with Gasteiger partial charge in [0.25, 0.3) is 0 Å². The van der Waals surface area contributed by atoms with Crippen molar-refractivity contribution in [2.75, 3.05) is 26.7 Å². The van der Waals surface area contributed by atoms with Gasteiger partial charge in [-0.25, -0.2) is 4.79 Å². The molecular weight excluding hydrogens is 350 g/mol. The lowest BCUT2D eigenvalue weighted by Gasteiger charge is -2.32. The Morgan fingerprint density at radius 1 is 1.14 bits per heavy atom. The molecule has 1 saturated heterocycles. The first kappa shape index (κ1) is 20.2. The molecule has 0 aliphatic carbocycles. The van der Waals surface area contributed by atoms with Crippen molar-refractivity contribution in [2.45, 2.75) is 38.8 Å². The fraction of sp³-hybridized carbons (Fsp3) is 0.435. The summed E-state index contributed by atoms with van der Waals surface area (Å²) in [5, 5.41) is 6.10. The Morgan fingerprint density at radius 3 is 2.61 bits per heavy atom. The van der Waals surface area contributed by atoms with E-state index in [-0.39, 0.29) is 12.1 Å². The Morgan fingerprint density at radius 2 is 1.89 bits per heavy atom. The topological polar surface area (TPSA) is 53.6 Å². The molecule has 0 aromatic heterocycles. The quantitative estimate of drug-likeness (QED) is 0.772. The van der Waals surface area contributed by atoms with Gasteiger partial charge in [-0.15, -0.1) is 0 Å². The number of ether oxygens (including phenoxy) is 1. The maximum atomic E-state index is 12.2. The molecule has 0 bridgehead atoms. The molecule has 1 aliphatic heterocycles. The molecule has 2 N–H and O–H groups in total. The average molecular weight is 382 g/mol. The van der Waals surface area contributed by atoms with E-state index < -0.39 is 0 Å². The molecule has 1 heterocycles. The molecule has 2 aromatic carbocycles. The van der Waals surface area contributed by atoms with Gasteiger partial charge in [0.2, 0.25) is 0 Å². The zero-order valence-electron chi connectivity index (χ0n) is 16.9. The minimum Gasteiger partial charge on any atom is -0.496 e. The molecule has 0 atom stereocenters. The first-order chi connectivity index (χ1) is 13.6. The molecule has 0 radical (unpaired) electrons. The molecule has 5 nitrogen and oxygen atoms in total. The molecule has 0 unspecified atom stereocenters. The molecular formula is C23H31N3O2. The highest BCUT2D eigenvalue weighted by molar-refractivity contribution is 5.74. The normalized spacial score (nSPS) is 15.2. The summed E-state index contributed by atoms with van der Waals surface area (Å²) >= 11 is 0. The van der Waals surface area contributed by atoms with Gasteiger partial charge >= 0.3 is 6.03 Å². The molecule has 1 fully saturated rings. The number of hydrogen-bond acceptors (Lipinski definition) is 3. The van der Waals surface area contributed by atoms with E-state index in [1.54, 1.807) is 7.11 Å². The summed E-state index contributed by atoms with van der Waals surface area (Å²) in [6.07, 6.45) is 2.74. The highest BCUT2D eigenvalue weighted by Crippen LogP contribution is 2.19. The lowest BCUT2D eigenvalue weighted by molar-refractivity contribution is 0.186. The van der Waals surface area contributed by atoms with Gasteiger partial charge < -0.3 is 15.4 Å². The van der Waals surface area contributed by atoms with Crippen LogP contribution in [0, 0.1) is 6.92 Å². The van der Waals surface area contributed by atoms with Crippen LogP contribution >= 0.6 is 0 Å². The predicted molar refractivity (Wildman–Crippen MR) is 113 cm³/mol. The van der Waals surface area contributed by atoms with Gasteiger partial charge in [-0.3, -0.25) is 4.90 Å². The number of carbonyl (C=O) groups is 1. The Labute approximate surface area is 168 Å². The minimum atomic E-state index is -0.0758. The maximum absolute atomic E-state index is 12.2. The second-order valence-corrected chi connectivity index (χ2v) is 7.50. The minimum absolute atomic E-state index is 0.0758. The highest BCUT2D eigenvalue weighted by Gasteiger charge is 2.20. The van der Waals surface area contributed by atoms with Crippen LogP contribution in [0.1, 0.15) is 29.5 Å². The first-order valence-electron chi connectivity index (χ1n) is 10.1. The summed E-state index contributed by atoms with van der Waals surface area (Å²) in [6, 6.07) is 16.9. The van der Waals surface area contributed by atoms with Gasteiger partial charge in [-0.1, -0.05) is 48.0 Å². The largest absolute Gasteiger partial charge is 0.496 e. The van der Waals surface area contributed by atoms with E-state index in [0.29, 0.717) is 6.54 Å². The summed E-state index contributed by atoms with van der Waals surface area (Å²) in [5.41, 5.74) is 3.66. The number of rotatable bonds is 7. The smallest absolute Gasteiger partial charge is 0.315 e. The number of carbonyl (C=O) groups excluding carboxylic acids is 1. The van der Waals surface area contributed by atoms with E-state index in [4.69, 9.17) is 4.74 Å². The lowest BCUT2D eigenvalue weighted by Crippen LogP contribution is -2.48. The molecule has 2 aromatic rings. The fourth-order valence-electron chi connectivity index (χ4n) is 3.73. The van der Waals surface area contributed by atoms with E-state index >= 15 is 0 Å². The second kappa shape index (κ2) is 10.1. The number of methoxy groups -OCH3 is 1. The average Bonchev–Trinajstić information content (AvgIpc) is 2.70. The summed E-state index contributed by atoms with van der Waals surface area (Å²) in [4.78, 5) is 14.7. The van der Waals surface area contributed by atoms with Crippen molar-refractivity contribution >= 4 is 6.03 Å². The van der Waals surface area contributed by atoms with Gasteiger partial charge in [-0.05, 0) is 43.4 Å². The van der Waals surface area contributed by atoms with Crippen LogP contribution in [0.3, 0.4) is 0 Å². The van der Waals surface area contributed by atoms with Crippen molar-refractivity contribution in [3.63, 3.8) is 0 Å².